The van der Waals surface area contributed by atoms with Gasteiger partial charge in [-0.15, -0.1) is 0 Å². The average molecular weight is 257 g/mol. The van der Waals surface area contributed by atoms with E-state index in [1.54, 1.807) is 12.3 Å². The highest BCUT2D eigenvalue weighted by molar-refractivity contribution is 5.98. The summed E-state index contributed by atoms with van der Waals surface area (Å²) in [5, 5.41) is 13.7. The summed E-state index contributed by atoms with van der Waals surface area (Å²) in [5.74, 6) is -0.778. The van der Waals surface area contributed by atoms with Gasteiger partial charge in [-0.25, -0.2) is 14.5 Å². The number of nitrogens with zero attached hydrogens (tertiary/aromatic N) is 3. The monoisotopic (exact) mass is 257 g/mol. The van der Waals surface area contributed by atoms with E-state index < -0.39 is 5.97 Å². The van der Waals surface area contributed by atoms with Crippen molar-refractivity contribution in [3.63, 3.8) is 0 Å². The molecule has 2 rings (SSSR count). The summed E-state index contributed by atoms with van der Waals surface area (Å²) < 4.78 is 1.45. The maximum Gasteiger partial charge on any atom is 0.341 e. The van der Waals surface area contributed by atoms with E-state index in [1.807, 2.05) is 25.2 Å². The van der Waals surface area contributed by atoms with Crippen molar-refractivity contribution >= 4 is 30.3 Å². The molecule has 0 amide bonds. The van der Waals surface area contributed by atoms with Gasteiger partial charge in [0.25, 0.3) is 0 Å². The van der Waals surface area contributed by atoms with E-state index in [4.69, 9.17) is 0 Å². The van der Waals surface area contributed by atoms with Crippen molar-refractivity contribution in [2.75, 3.05) is 0 Å². The van der Waals surface area contributed by atoms with Crippen LogP contribution in [0, 0.1) is 0 Å². The van der Waals surface area contributed by atoms with Crippen LogP contribution in [-0.2, 0) is 0 Å². The number of hydrogen-bond donors (Lipinski definition) is 1. The number of aromatic nitrogens is 2. The molecule has 5 heteroatoms. The molecule has 0 bridgehead atoms. The van der Waals surface area contributed by atoms with E-state index in [0.29, 0.717) is 5.69 Å². The molecule has 0 aromatic carbocycles. The molecule has 0 aliphatic heterocycles. The summed E-state index contributed by atoms with van der Waals surface area (Å²) in [7, 11) is 0. The Morgan fingerprint density at radius 2 is 2.42 bits per heavy atom. The maximum atomic E-state index is 11.5. The second-order valence-electron chi connectivity index (χ2n) is 4.10. The van der Waals surface area contributed by atoms with Crippen LogP contribution < -0.4 is 0 Å². The van der Waals surface area contributed by atoms with Crippen LogP contribution in [0.3, 0.4) is 0 Å². The number of aliphatic imine (C=N–C) groups is 1. The molecule has 1 heterocycles. The Labute approximate surface area is 111 Å². The predicted octanol–water partition coefficient (Wildman–Crippen LogP) is 3.14. The number of rotatable bonds is 4. The van der Waals surface area contributed by atoms with Gasteiger partial charge < -0.3 is 5.11 Å². The Kier molecular flexibility index (Phi) is 3.75. The van der Waals surface area contributed by atoms with Crippen LogP contribution in [0.25, 0.3) is 11.8 Å². The first-order valence-electron chi connectivity index (χ1n) is 6.00. The Balaban J connectivity index is 2.65. The number of carboxylic acids is 1. The van der Waals surface area contributed by atoms with Crippen molar-refractivity contribution < 1.29 is 9.90 Å². The van der Waals surface area contributed by atoms with Crippen molar-refractivity contribution in [1.82, 2.24) is 9.78 Å². The Bertz CT molecular complexity index is 606. The summed E-state index contributed by atoms with van der Waals surface area (Å²) in [4.78, 5) is 15.3. The number of allylic oxidation sites excluding steroid dienone is 5. The number of carbonyl (C=O) groups is 1. The normalized spacial score (nSPS) is 14.7. The molecule has 1 N–H and O–H groups in total. The summed E-state index contributed by atoms with van der Waals surface area (Å²) >= 11 is 0. The van der Waals surface area contributed by atoms with Crippen LogP contribution in [0.2, 0.25) is 0 Å². The lowest BCUT2D eigenvalue weighted by molar-refractivity contribution is 0.0697. The van der Waals surface area contributed by atoms with Crippen LogP contribution in [0.1, 0.15) is 35.8 Å². The van der Waals surface area contributed by atoms with Crippen LogP contribution in [0.15, 0.2) is 29.3 Å². The highest BCUT2D eigenvalue weighted by Gasteiger charge is 2.24. The van der Waals surface area contributed by atoms with Gasteiger partial charge in [-0.05, 0) is 32.1 Å². The summed E-state index contributed by atoms with van der Waals surface area (Å²) in [6, 6.07) is 0. The van der Waals surface area contributed by atoms with Crippen molar-refractivity contribution in [2.45, 2.75) is 19.8 Å². The molecule has 0 unspecified atom stereocenters. The highest BCUT2D eigenvalue weighted by Crippen LogP contribution is 2.31. The lowest BCUT2D eigenvalue weighted by Crippen LogP contribution is -2.01. The first-order valence-corrected chi connectivity index (χ1v) is 6.00. The second-order valence-corrected chi connectivity index (χ2v) is 4.10. The molecule has 0 saturated carbocycles. The van der Waals surface area contributed by atoms with Gasteiger partial charge >= 0.3 is 5.97 Å². The fourth-order valence-corrected chi connectivity index (χ4v) is 2.04. The molecular weight excluding hydrogens is 242 g/mol. The van der Waals surface area contributed by atoms with E-state index in [-0.39, 0.29) is 11.4 Å². The third-order valence-electron chi connectivity index (χ3n) is 2.86. The fraction of sp³-hybridized carbons (Fsp3) is 0.214. The average Bonchev–Trinajstić information content (AvgIpc) is 2.79. The molecule has 1 aromatic rings. The molecule has 0 atom stereocenters. The lowest BCUT2D eigenvalue weighted by Gasteiger charge is -2.06. The molecule has 19 heavy (non-hydrogen) atoms. The van der Waals surface area contributed by atoms with Crippen LogP contribution in [0.5, 0.6) is 0 Å². The van der Waals surface area contributed by atoms with Gasteiger partial charge in [0.05, 0.1) is 0 Å². The summed E-state index contributed by atoms with van der Waals surface area (Å²) in [5.41, 5.74) is 1.49. The van der Waals surface area contributed by atoms with Crippen molar-refractivity contribution in [2.24, 2.45) is 4.99 Å². The van der Waals surface area contributed by atoms with E-state index in [1.165, 1.54) is 4.68 Å². The molecule has 0 radical (unpaired) electrons. The van der Waals surface area contributed by atoms with Crippen LogP contribution >= 0.6 is 0 Å². The lowest BCUT2D eigenvalue weighted by atomic mass is 9.99. The molecule has 98 valence electrons. The molecular formula is C14H15N3O2. The largest absolute Gasteiger partial charge is 0.477 e. The quantitative estimate of drug-likeness (QED) is 0.842. The van der Waals surface area contributed by atoms with Crippen LogP contribution in [-0.4, -0.2) is 27.6 Å². The molecule has 5 nitrogen and oxygen atoms in total. The Hall–Kier alpha value is -2.43. The zero-order valence-electron chi connectivity index (χ0n) is 10.7. The number of hydrogen-bond acceptors (Lipinski definition) is 3. The zero-order chi connectivity index (χ0) is 13.8. The van der Waals surface area contributed by atoms with Crippen LogP contribution in [0.4, 0.5) is 5.82 Å². The zero-order valence-corrected chi connectivity index (χ0v) is 10.7. The second kappa shape index (κ2) is 5.48. The maximum absolute atomic E-state index is 11.5. The van der Waals surface area contributed by atoms with E-state index in [9.17, 15) is 9.90 Å². The molecule has 1 aromatic heterocycles. The SMILES string of the molecule is C=Nc1c(C(=O)O)c(C2=CC=CCC2)nn1C=CC. The predicted molar refractivity (Wildman–Crippen MR) is 75.8 cm³/mol. The van der Waals surface area contributed by atoms with Gasteiger partial charge in [0.1, 0.15) is 11.3 Å². The number of carboxylic acid groups (broad SMARTS) is 1. The minimum Gasteiger partial charge on any atom is -0.477 e. The topological polar surface area (TPSA) is 67.5 Å². The standard InChI is InChI=1S/C14H15N3O2/c1-3-9-17-13(15-2)11(14(18)19)12(16-17)10-7-5-4-6-8-10/h3-5,7,9H,2,6,8H2,1H3,(H,18,19). The molecule has 0 fully saturated rings. The Morgan fingerprint density at radius 1 is 1.63 bits per heavy atom. The van der Waals surface area contributed by atoms with Gasteiger partial charge in [0.2, 0.25) is 0 Å². The molecule has 0 spiro atoms. The smallest absolute Gasteiger partial charge is 0.341 e. The molecule has 0 saturated heterocycles. The van der Waals surface area contributed by atoms with E-state index >= 15 is 0 Å². The fourth-order valence-electron chi connectivity index (χ4n) is 2.04. The first-order chi connectivity index (χ1) is 9.19. The minimum atomic E-state index is -1.04. The summed E-state index contributed by atoms with van der Waals surface area (Å²) in [6.45, 7) is 5.26. The van der Waals surface area contributed by atoms with Crippen molar-refractivity contribution in [1.29, 1.82) is 0 Å². The van der Waals surface area contributed by atoms with E-state index in [2.05, 4.69) is 16.8 Å². The highest BCUT2D eigenvalue weighted by atomic mass is 16.4. The first kappa shape index (κ1) is 13.0. The third kappa shape index (κ3) is 2.40. The minimum absolute atomic E-state index is 0.106. The third-order valence-corrected chi connectivity index (χ3v) is 2.86. The number of aromatic carboxylic acids is 1. The van der Waals surface area contributed by atoms with Gasteiger partial charge in [-0.3, -0.25) is 0 Å². The van der Waals surface area contributed by atoms with Gasteiger partial charge in [-0.2, -0.15) is 5.10 Å². The summed E-state index contributed by atoms with van der Waals surface area (Å²) in [6.07, 6.45) is 11.0. The molecule has 1 aliphatic rings. The van der Waals surface area contributed by atoms with Crippen molar-refractivity contribution in [3.8, 4) is 0 Å². The van der Waals surface area contributed by atoms with Gasteiger partial charge in [0, 0.05) is 6.20 Å². The Morgan fingerprint density at radius 3 is 2.95 bits per heavy atom. The van der Waals surface area contributed by atoms with Crippen molar-refractivity contribution in [3.05, 3.63) is 35.6 Å². The van der Waals surface area contributed by atoms with E-state index in [0.717, 1.165) is 18.4 Å². The van der Waals surface area contributed by atoms with Gasteiger partial charge in [-0.1, -0.05) is 24.3 Å². The molecule has 1 aliphatic carbocycles. The van der Waals surface area contributed by atoms with Gasteiger partial charge in [0.15, 0.2) is 5.82 Å².